The molecule has 2 atom stereocenters. The zero-order chi connectivity index (χ0) is 19.1. The van der Waals surface area contributed by atoms with Gasteiger partial charge >= 0.3 is 0 Å². The van der Waals surface area contributed by atoms with E-state index in [1.165, 1.54) is 6.08 Å². The van der Waals surface area contributed by atoms with Gasteiger partial charge in [0.1, 0.15) is 36.0 Å². The average Bonchev–Trinajstić information content (AvgIpc) is 3.06. The average molecular weight is 434 g/mol. The van der Waals surface area contributed by atoms with Crippen molar-refractivity contribution in [2.45, 2.75) is 25.4 Å². The largest absolute Gasteiger partial charge is 0.394 e. The quantitative estimate of drug-likeness (QED) is 0.664. The molecule has 2 heterocycles. The fourth-order valence-electron chi connectivity index (χ4n) is 3.15. The highest BCUT2D eigenvalue weighted by Gasteiger charge is 2.36. The fourth-order valence-corrected chi connectivity index (χ4v) is 3.41. The number of hydrogen-bond donors (Lipinski definition) is 3. The van der Waals surface area contributed by atoms with E-state index >= 15 is 0 Å². The molecule has 4 rings (SSSR count). The van der Waals surface area contributed by atoms with Gasteiger partial charge in [-0.1, -0.05) is 15.9 Å². The number of hydrogen-bond acceptors (Lipinski definition) is 7. The SMILES string of the molecule is O=C1C=C(Nc2ccc(Br)cc2)C(=O)c2c1nc1n2C[C@@H]([C@H](O)CO)OC1. The Morgan fingerprint density at radius 2 is 2.07 bits per heavy atom. The molecule has 0 saturated carbocycles. The molecule has 0 fully saturated rings. The van der Waals surface area contributed by atoms with Crippen molar-refractivity contribution in [3.63, 3.8) is 0 Å². The Hall–Kier alpha value is -2.33. The minimum atomic E-state index is -1.08. The fraction of sp³-hybridized carbons (Fsp3) is 0.278. The van der Waals surface area contributed by atoms with Crippen LogP contribution in [0.25, 0.3) is 0 Å². The molecule has 9 heteroatoms. The molecule has 1 aliphatic heterocycles. The molecule has 2 aromatic rings. The number of carbonyl (C=O) groups is 2. The van der Waals surface area contributed by atoms with Gasteiger partial charge in [0.15, 0.2) is 0 Å². The first-order valence-corrected chi connectivity index (χ1v) is 9.10. The number of aliphatic hydroxyl groups excluding tert-OH is 2. The van der Waals surface area contributed by atoms with Gasteiger partial charge in [-0.2, -0.15) is 0 Å². The Morgan fingerprint density at radius 3 is 2.78 bits per heavy atom. The van der Waals surface area contributed by atoms with Crippen LogP contribution >= 0.6 is 15.9 Å². The van der Waals surface area contributed by atoms with Crippen LogP contribution in [0.1, 0.15) is 26.8 Å². The lowest BCUT2D eigenvalue weighted by Gasteiger charge is -2.28. The molecule has 0 radical (unpaired) electrons. The van der Waals surface area contributed by atoms with E-state index in [1.54, 1.807) is 16.7 Å². The Kier molecular flexibility index (Phi) is 4.68. The first kappa shape index (κ1) is 18.1. The maximum absolute atomic E-state index is 13.0. The van der Waals surface area contributed by atoms with Crippen molar-refractivity contribution < 1.29 is 24.5 Å². The Bertz CT molecular complexity index is 951. The summed E-state index contributed by atoms with van der Waals surface area (Å²) in [5.41, 5.74) is 1.09. The summed E-state index contributed by atoms with van der Waals surface area (Å²) < 4.78 is 7.98. The summed E-state index contributed by atoms with van der Waals surface area (Å²) in [4.78, 5) is 29.7. The van der Waals surface area contributed by atoms with Gasteiger partial charge in [-0.15, -0.1) is 0 Å². The van der Waals surface area contributed by atoms with Crippen molar-refractivity contribution in [2.75, 3.05) is 11.9 Å². The van der Waals surface area contributed by atoms with Crippen molar-refractivity contribution >= 4 is 33.2 Å². The molecule has 27 heavy (non-hydrogen) atoms. The van der Waals surface area contributed by atoms with E-state index in [0.29, 0.717) is 11.5 Å². The molecule has 1 aromatic carbocycles. The topological polar surface area (TPSA) is 114 Å². The zero-order valence-electron chi connectivity index (χ0n) is 14.1. The van der Waals surface area contributed by atoms with Crippen molar-refractivity contribution in [1.82, 2.24) is 9.55 Å². The highest BCUT2D eigenvalue weighted by atomic mass is 79.9. The van der Waals surface area contributed by atoms with Gasteiger partial charge in [0.2, 0.25) is 11.6 Å². The molecular formula is C18H16BrN3O5. The lowest BCUT2D eigenvalue weighted by Crippen LogP contribution is -2.40. The molecule has 0 amide bonds. The van der Waals surface area contributed by atoms with Gasteiger partial charge in [-0.25, -0.2) is 4.98 Å². The van der Waals surface area contributed by atoms with Gasteiger partial charge < -0.3 is 24.8 Å². The number of anilines is 1. The molecule has 8 nitrogen and oxygen atoms in total. The number of allylic oxidation sites excluding steroid dienone is 2. The number of ketones is 2. The molecule has 1 aromatic heterocycles. The van der Waals surface area contributed by atoms with Gasteiger partial charge in [-0.3, -0.25) is 9.59 Å². The summed E-state index contributed by atoms with van der Waals surface area (Å²) in [5, 5.41) is 22.0. The van der Waals surface area contributed by atoms with Crippen LogP contribution in [0.2, 0.25) is 0 Å². The van der Waals surface area contributed by atoms with Crippen LogP contribution in [-0.2, 0) is 17.9 Å². The third-order valence-electron chi connectivity index (χ3n) is 4.54. The van der Waals surface area contributed by atoms with Crippen molar-refractivity contribution in [3.8, 4) is 0 Å². The molecule has 3 N–H and O–H groups in total. The van der Waals surface area contributed by atoms with Crippen LogP contribution in [0.3, 0.4) is 0 Å². The summed E-state index contributed by atoms with van der Waals surface area (Å²) in [6, 6.07) is 7.21. The number of halogens is 1. The Morgan fingerprint density at radius 1 is 1.33 bits per heavy atom. The number of nitrogens with one attached hydrogen (secondary N) is 1. The molecule has 0 spiro atoms. The first-order valence-electron chi connectivity index (χ1n) is 8.31. The second kappa shape index (κ2) is 7.01. The number of rotatable bonds is 4. The van der Waals surface area contributed by atoms with Gasteiger partial charge in [0.05, 0.1) is 18.8 Å². The summed E-state index contributed by atoms with van der Waals surface area (Å²) in [5.74, 6) is -0.280. The lowest BCUT2D eigenvalue weighted by atomic mass is 10.0. The second-order valence-corrected chi connectivity index (χ2v) is 7.23. The third kappa shape index (κ3) is 3.23. The van der Waals surface area contributed by atoms with E-state index in [9.17, 15) is 14.7 Å². The smallest absolute Gasteiger partial charge is 0.228 e. The van der Waals surface area contributed by atoms with Crippen LogP contribution in [0.4, 0.5) is 5.69 Å². The van der Waals surface area contributed by atoms with E-state index in [-0.39, 0.29) is 41.8 Å². The highest BCUT2D eigenvalue weighted by molar-refractivity contribution is 9.10. The number of Topliss-reactive ketones (excluding diaryl/α,β-unsaturated/α-hetero) is 1. The normalized spacial score (nSPS) is 20.0. The number of fused-ring (bicyclic) bond motifs is 3. The molecule has 0 saturated heterocycles. The molecule has 140 valence electrons. The number of carbonyl (C=O) groups excluding carboxylic acids is 2. The third-order valence-corrected chi connectivity index (χ3v) is 5.07. The summed E-state index contributed by atoms with van der Waals surface area (Å²) in [6.45, 7) is -0.283. The number of aliphatic hydroxyl groups is 2. The van der Waals surface area contributed by atoms with E-state index < -0.39 is 18.8 Å². The molecule has 2 aliphatic rings. The molecule has 0 unspecified atom stereocenters. The number of benzene rings is 1. The van der Waals surface area contributed by atoms with Crippen LogP contribution < -0.4 is 5.32 Å². The van der Waals surface area contributed by atoms with E-state index in [2.05, 4.69) is 26.2 Å². The predicted octanol–water partition coefficient (Wildman–Crippen LogP) is 1.27. The van der Waals surface area contributed by atoms with Gasteiger partial charge in [-0.05, 0) is 24.3 Å². The molecule has 1 aliphatic carbocycles. The van der Waals surface area contributed by atoms with Crippen LogP contribution in [0.15, 0.2) is 40.5 Å². The van der Waals surface area contributed by atoms with Gasteiger partial charge in [0, 0.05) is 16.2 Å². The van der Waals surface area contributed by atoms with Crippen LogP contribution in [0, 0.1) is 0 Å². The predicted molar refractivity (Wildman–Crippen MR) is 98.4 cm³/mol. The van der Waals surface area contributed by atoms with Crippen LogP contribution in [-0.4, -0.2) is 50.1 Å². The summed E-state index contributed by atoms with van der Waals surface area (Å²) in [6.07, 6.45) is -0.522. The van der Waals surface area contributed by atoms with Crippen molar-refractivity contribution in [1.29, 1.82) is 0 Å². The second-order valence-electron chi connectivity index (χ2n) is 6.32. The lowest BCUT2D eigenvalue weighted by molar-refractivity contribution is -0.0873. The molecular weight excluding hydrogens is 418 g/mol. The number of ether oxygens (including phenoxy) is 1. The van der Waals surface area contributed by atoms with E-state index in [0.717, 1.165) is 4.47 Å². The summed E-state index contributed by atoms with van der Waals surface area (Å²) in [7, 11) is 0. The monoisotopic (exact) mass is 433 g/mol. The van der Waals surface area contributed by atoms with Crippen molar-refractivity contribution in [3.05, 3.63) is 57.7 Å². The van der Waals surface area contributed by atoms with Gasteiger partial charge in [0.25, 0.3) is 0 Å². The number of aromatic nitrogens is 2. The first-order chi connectivity index (χ1) is 13.0. The number of imidazole rings is 1. The zero-order valence-corrected chi connectivity index (χ0v) is 15.6. The Balaban J connectivity index is 1.66. The number of nitrogens with zero attached hydrogens (tertiary/aromatic N) is 2. The standard InChI is InChI=1S/C18H16BrN3O5/c19-9-1-3-10(4-2-9)20-11-5-12(24)16-17(18(11)26)22-6-14(13(25)7-23)27-8-15(22)21-16/h1-5,13-14,20,23,25H,6-8H2/t13-,14+/m1/s1. The van der Waals surface area contributed by atoms with E-state index in [4.69, 9.17) is 9.84 Å². The molecule has 0 bridgehead atoms. The van der Waals surface area contributed by atoms with Crippen molar-refractivity contribution in [2.24, 2.45) is 0 Å². The van der Waals surface area contributed by atoms with Crippen LogP contribution in [0.5, 0.6) is 0 Å². The Labute approximate surface area is 162 Å². The minimum Gasteiger partial charge on any atom is -0.394 e. The maximum Gasteiger partial charge on any atom is 0.228 e. The maximum atomic E-state index is 13.0. The minimum absolute atomic E-state index is 0.0464. The highest BCUT2D eigenvalue weighted by Crippen LogP contribution is 2.28. The summed E-state index contributed by atoms with van der Waals surface area (Å²) >= 11 is 3.35. The van der Waals surface area contributed by atoms with E-state index in [1.807, 2.05) is 12.1 Å².